The highest BCUT2D eigenvalue weighted by Gasteiger charge is 2.40. The van der Waals surface area contributed by atoms with E-state index in [1.807, 2.05) is 0 Å². The van der Waals surface area contributed by atoms with Crippen molar-refractivity contribution in [2.24, 2.45) is 0 Å². The first-order chi connectivity index (χ1) is 14.7. The molecule has 0 radical (unpaired) electrons. The van der Waals surface area contributed by atoms with Gasteiger partial charge in [0.1, 0.15) is 5.75 Å². The molecule has 10 heteroatoms. The lowest BCUT2D eigenvalue weighted by molar-refractivity contribution is -0.140. The van der Waals surface area contributed by atoms with E-state index < -0.39 is 23.8 Å². The highest BCUT2D eigenvalue weighted by atomic mass is 19.4. The second kappa shape index (κ2) is 9.34. The third-order valence-electron chi connectivity index (χ3n) is 5.00. The van der Waals surface area contributed by atoms with E-state index in [0.717, 1.165) is 11.1 Å². The number of carbonyl (C=O) groups excluding carboxylic acids is 2. The number of aromatic nitrogens is 1. The Bertz CT molecular complexity index is 934. The molecule has 7 nitrogen and oxygen atoms in total. The summed E-state index contributed by atoms with van der Waals surface area (Å²) in [5.41, 5.74) is -0.745. The second-order valence-electron chi connectivity index (χ2n) is 7.13. The Hall–Kier alpha value is -3.14. The fourth-order valence-electron chi connectivity index (χ4n) is 3.54. The Morgan fingerprint density at radius 2 is 1.97 bits per heavy atom. The molecule has 31 heavy (non-hydrogen) atoms. The zero-order chi connectivity index (χ0) is 22.6. The summed E-state index contributed by atoms with van der Waals surface area (Å²) in [6.07, 6.45) is -3.35. The first-order valence-electron chi connectivity index (χ1n) is 9.63. The van der Waals surface area contributed by atoms with Crippen LogP contribution in [0.25, 0.3) is 0 Å². The predicted molar refractivity (Wildman–Crippen MR) is 105 cm³/mol. The van der Waals surface area contributed by atoms with Crippen LogP contribution in [0.4, 0.5) is 18.9 Å². The van der Waals surface area contributed by atoms with Crippen LogP contribution >= 0.6 is 0 Å². The van der Waals surface area contributed by atoms with E-state index in [9.17, 15) is 22.8 Å². The van der Waals surface area contributed by atoms with Gasteiger partial charge < -0.3 is 19.6 Å². The van der Waals surface area contributed by atoms with Crippen LogP contribution in [0.5, 0.6) is 5.75 Å². The monoisotopic (exact) mass is 437 g/mol. The Balaban J connectivity index is 1.68. The minimum absolute atomic E-state index is 0.0947. The SMILES string of the molecule is CC(=O)N(c1cccnc1C(F)(F)F)[C@@H]1CCN(C(=O)COc2ccc(CO)cc2)C1. The molecule has 1 N–H and O–H groups in total. The molecule has 0 bridgehead atoms. The molecule has 1 aromatic heterocycles. The average molecular weight is 437 g/mol. The van der Waals surface area contributed by atoms with Gasteiger partial charge in [0.05, 0.1) is 18.3 Å². The lowest BCUT2D eigenvalue weighted by atomic mass is 10.1. The van der Waals surface area contributed by atoms with E-state index in [1.165, 1.54) is 24.0 Å². The van der Waals surface area contributed by atoms with Gasteiger partial charge in [-0.25, -0.2) is 4.98 Å². The van der Waals surface area contributed by atoms with Crippen LogP contribution in [-0.4, -0.2) is 52.5 Å². The second-order valence-corrected chi connectivity index (χ2v) is 7.13. The largest absolute Gasteiger partial charge is 0.484 e. The maximum atomic E-state index is 13.4. The smallest absolute Gasteiger partial charge is 0.435 e. The van der Waals surface area contributed by atoms with E-state index in [0.29, 0.717) is 24.3 Å². The standard InChI is InChI=1S/C21H22F3N3O4/c1-14(29)27(18-3-2-9-25-20(18)21(22,23)24)16-8-10-26(11-16)19(30)13-31-17-6-4-15(12-28)5-7-17/h2-7,9,16,28H,8,10-13H2,1H3/t16-/m1/s1. The molecule has 1 aliphatic rings. The number of pyridine rings is 1. The predicted octanol–water partition coefficient (Wildman–Crippen LogP) is 2.63. The first kappa shape index (κ1) is 22.5. The molecular formula is C21H22F3N3O4. The highest BCUT2D eigenvalue weighted by Crippen LogP contribution is 2.36. The van der Waals surface area contributed by atoms with Crippen LogP contribution in [0.3, 0.4) is 0 Å². The Kier molecular flexibility index (Phi) is 6.79. The number of nitrogens with zero attached hydrogens (tertiary/aromatic N) is 3. The van der Waals surface area contributed by atoms with Crippen LogP contribution in [0.2, 0.25) is 0 Å². The first-order valence-corrected chi connectivity index (χ1v) is 9.63. The van der Waals surface area contributed by atoms with Gasteiger partial charge in [0, 0.05) is 26.2 Å². The van der Waals surface area contributed by atoms with Crippen molar-refractivity contribution in [3.05, 3.63) is 53.9 Å². The lowest BCUT2D eigenvalue weighted by Gasteiger charge is -2.29. The number of anilines is 1. The maximum Gasteiger partial charge on any atom is 0.435 e. The summed E-state index contributed by atoms with van der Waals surface area (Å²) in [7, 11) is 0. The zero-order valence-electron chi connectivity index (χ0n) is 16.8. The number of hydrogen-bond acceptors (Lipinski definition) is 5. The number of rotatable bonds is 6. The van der Waals surface area contributed by atoms with E-state index in [4.69, 9.17) is 9.84 Å². The van der Waals surface area contributed by atoms with E-state index >= 15 is 0 Å². The number of aliphatic hydroxyl groups is 1. The van der Waals surface area contributed by atoms with Gasteiger partial charge in [-0.15, -0.1) is 0 Å². The van der Waals surface area contributed by atoms with Gasteiger partial charge in [-0.1, -0.05) is 12.1 Å². The zero-order valence-corrected chi connectivity index (χ0v) is 16.8. The molecule has 2 heterocycles. The Morgan fingerprint density at radius 3 is 2.58 bits per heavy atom. The van der Waals surface area contributed by atoms with E-state index in [1.54, 1.807) is 24.3 Å². The van der Waals surface area contributed by atoms with Crippen LogP contribution in [0.15, 0.2) is 42.6 Å². The summed E-state index contributed by atoms with van der Waals surface area (Å²) in [4.78, 5) is 30.7. The van der Waals surface area contributed by atoms with Gasteiger partial charge in [0.15, 0.2) is 12.3 Å². The van der Waals surface area contributed by atoms with Crippen molar-refractivity contribution >= 4 is 17.5 Å². The fraction of sp³-hybridized carbons (Fsp3) is 0.381. The summed E-state index contributed by atoms with van der Waals surface area (Å²) in [5.74, 6) is -0.436. The number of benzene rings is 1. The molecule has 2 amide bonds. The summed E-state index contributed by atoms with van der Waals surface area (Å²) < 4.78 is 45.6. The van der Waals surface area contributed by atoms with Crippen LogP contribution in [0.1, 0.15) is 24.6 Å². The molecule has 1 saturated heterocycles. The molecular weight excluding hydrogens is 415 g/mol. The van der Waals surface area contributed by atoms with Gasteiger partial charge in [-0.3, -0.25) is 9.59 Å². The van der Waals surface area contributed by atoms with Crippen molar-refractivity contribution in [3.63, 3.8) is 0 Å². The summed E-state index contributed by atoms with van der Waals surface area (Å²) in [5, 5.41) is 9.05. The van der Waals surface area contributed by atoms with Crippen molar-refractivity contribution in [1.29, 1.82) is 0 Å². The van der Waals surface area contributed by atoms with Crippen molar-refractivity contribution < 1.29 is 32.6 Å². The minimum atomic E-state index is -4.71. The molecule has 0 spiro atoms. The van der Waals surface area contributed by atoms with Gasteiger partial charge in [0.2, 0.25) is 5.91 Å². The van der Waals surface area contributed by atoms with Crippen molar-refractivity contribution in [2.75, 3.05) is 24.6 Å². The number of alkyl halides is 3. The number of ether oxygens (including phenoxy) is 1. The minimum Gasteiger partial charge on any atom is -0.484 e. The molecule has 0 saturated carbocycles. The normalized spacial score (nSPS) is 16.3. The molecule has 166 valence electrons. The number of likely N-dealkylation sites (tertiary alicyclic amines) is 1. The molecule has 3 rings (SSSR count). The molecule has 2 aromatic rings. The van der Waals surface area contributed by atoms with Crippen molar-refractivity contribution in [3.8, 4) is 5.75 Å². The molecule has 0 aliphatic carbocycles. The van der Waals surface area contributed by atoms with E-state index in [-0.39, 0.29) is 31.4 Å². The maximum absolute atomic E-state index is 13.4. The van der Waals surface area contributed by atoms with Gasteiger partial charge in [0.25, 0.3) is 5.91 Å². The summed E-state index contributed by atoms with van der Waals surface area (Å²) in [6, 6.07) is 8.55. The number of halogens is 3. The van der Waals surface area contributed by atoms with Gasteiger partial charge in [-0.2, -0.15) is 13.2 Å². The quantitative estimate of drug-likeness (QED) is 0.751. The number of hydrogen-bond donors (Lipinski definition) is 1. The Morgan fingerprint density at radius 1 is 1.26 bits per heavy atom. The number of carbonyl (C=O) groups is 2. The molecule has 1 fully saturated rings. The summed E-state index contributed by atoms with van der Waals surface area (Å²) >= 11 is 0. The van der Waals surface area contributed by atoms with Crippen LogP contribution in [0, 0.1) is 0 Å². The third-order valence-corrected chi connectivity index (χ3v) is 5.00. The molecule has 1 atom stereocenters. The molecule has 0 unspecified atom stereocenters. The van der Waals surface area contributed by atoms with Gasteiger partial charge in [-0.05, 0) is 36.2 Å². The average Bonchev–Trinajstić information content (AvgIpc) is 3.21. The third kappa shape index (κ3) is 5.32. The lowest BCUT2D eigenvalue weighted by Crippen LogP contribution is -2.43. The molecule has 1 aromatic carbocycles. The highest BCUT2D eigenvalue weighted by molar-refractivity contribution is 5.93. The summed E-state index contributed by atoms with van der Waals surface area (Å²) in [6.45, 7) is 1.23. The number of aliphatic hydroxyl groups excluding tert-OH is 1. The molecule has 1 aliphatic heterocycles. The Labute approximate surface area is 177 Å². The van der Waals surface area contributed by atoms with E-state index in [2.05, 4.69) is 4.98 Å². The topological polar surface area (TPSA) is 83.0 Å². The fourth-order valence-corrected chi connectivity index (χ4v) is 3.54. The van der Waals surface area contributed by atoms with Crippen molar-refractivity contribution in [2.45, 2.75) is 32.2 Å². The van der Waals surface area contributed by atoms with Gasteiger partial charge >= 0.3 is 6.18 Å². The van der Waals surface area contributed by atoms with Crippen LogP contribution < -0.4 is 9.64 Å². The number of amides is 2. The van der Waals surface area contributed by atoms with Crippen molar-refractivity contribution in [1.82, 2.24) is 9.88 Å². The van der Waals surface area contributed by atoms with Crippen LogP contribution in [-0.2, 0) is 22.4 Å².